The van der Waals surface area contributed by atoms with E-state index in [0.717, 1.165) is 60.5 Å². The normalized spacial score (nSPS) is 13.2. The molecular formula is C47H30N4O2. The van der Waals surface area contributed by atoms with Gasteiger partial charge in [-0.2, -0.15) is 0 Å². The van der Waals surface area contributed by atoms with Gasteiger partial charge in [0, 0.05) is 33.1 Å². The third-order valence-corrected chi connectivity index (χ3v) is 10.8. The number of aromatic nitrogens is 4. The number of rotatable bonds is 4. The lowest BCUT2D eigenvalue weighted by Crippen LogP contribution is -2.14. The van der Waals surface area contributed by atoms with Crippen molar-refractivity contribution in [3.05, 3.63) is 157 Å². The van der Waals surface area contributed by atoms with Gasteiger partial charge in [-0.1, -0.05) is 123 Å². The summed E-state index contributed by atoms with van der Waals surface area (Å²) in [6, 6.07) is 49.7. The van der Waals surface area contributed by atoms with Crippen molar-refractivity contribution in [1.29, 1.82) is 0 Å². The quantitative estimate of drug-likeness (QED) is 0.184. The van der Waals surface area contributed by atoms with Gasteiger partial charge in [0.15, 0.2) is 23.1 Å². The second-order valence-corrected chi connectivity index (χ2v) is 14.2. The van der Waals surface area contributed by atoms with Crippen LogP contribution in [0.15, 0.2) is 154 Å². The number of nitrogens with zero attached hydrogens (tertiary/aromatic N) is 4. The molecule has 6 heteroatoms. The van der Waals surface area contributed by atoms with Gasteiger partial charge in [0.25, 0.3) is 0 Å². The Hall–Kier alpha value is -6.92. The maximum Gasteiger partial charge on any atom is 0.227 e. The summed E-state index contributed by atoms with van der Waals surface area (Å²) in [5.74, 6) is 2.44. The topological polar surface area (TPSA) is 77.8 Å². The molecule has 3 aromatic heterocycles. The Balaban J connectivity index is 1.15. The molecule has 250 valence electrons. The summed E-state index contributed by atoms with van der Waals surface area (Å²) in [5.41, 5.74) is 11.6. The van der Waals surface area contributed by atoms with Crippen LogP contribution in [-0.4, -0.2) is 19.9 Å². The van der Waals surface area contributed by atoms with E-state index in [1.54, 1.807) is 0 Å². The Morgan fingerprint density at radius 2 is 1.08 bits per heavy atom. The number of oxazole rings is 1. The first-order valence-electron chi connectivity index (χ1n) is 17.8. The molecule has 0 saturated heterocycles. The van der Waals surface area contributed by atoms with Crippen LogP contribution in [0.5, 0.6) is 0 Å². The van der Waals surface area contributed by atoms with Crippen LogP contribution < -0.4 is 0 Å². The third kappa shape index (κ3) is 4.45. The van der Waals surface area contributed by atoms with E-state index >= 15 is 0 Å². The first kappa shape index (κ1) is 29.8. The van der Waals surface area contributed by atoms with E-state index in [1.165, 1.54) is 22.3 Å². The highest BCUT2D eigenvalue weighted by atomic mass is 16.4. The summed E-state index contributed by atoms with van der Waals surface area (Å²) in [6.45, 7) is 4.58. The van der Waals surface area contributed by atoms with E-state index in [-0.39, 0.29) is 5.41 Å². The van der Waals surface area contributed by atoms with E-state index in [2.05, 4.69) is 80.6 Å². The van der Waals surface area contributed by atoms with E-state index in [0.29, 0.717) is 28.9 Å². The Labute approximate surface area is 304 Å². The SMILES string of the molecule is CC1(C)c2ccccc2-c2c(-c3nc(-c4ccccc4)nc(-c4ccc5ccc6oc7ccc8oc(-c9ccccc9)nc8c7c6c5c4)n3)cccc21. The zero-order chi connectivity index (χ0) is 35.3. The molecule has 3 heterocycles. The van der Waals surface area contributed by atoms with Crippen LogP contribution in [0.4, 0.5) is 0 Å². The Morgan fingerprint density at radius 3 is 1.91 bits per heavy atom. The second kappa shape index (κ2) is 11.0. The Bertz CT molecular complexity index is 3090. The smallest absolute Gasteiger partial charge is 0.227 e. The van der Waals surface area contributed by atoms with Crippen LogP contribution in [0, 0.1) is 0 Å². The van der Waals surface area contributed by atoms with Gasteiger partial charge in [0.2, 0.25) is 5.89 Å². The number of furan rings is 1. The molecule has 0 fully saturated rings. The molecule has 53 heavy (non-hydrogen) atoms. The van der Waals surface area contributed by atoms with Gasteiger partial charge in [-0.25, -0.2) is 19.9 Å². The van der Waals surface area contributed by atoms with Crippen LogP contribution in [0.1, 0.15) is 25.0 Å². The van der Waals surface area contributed by atoms with Crippen molar-refractivity contribution < 1.29 is 8.83 Å². The average molecular weight is 683 g/mol. The maximum absolute atomic E-state index is 6.45. The van der Waals surface area contributed by atoms with Gasteiger partial charge >= 0.3 is 0 Å². The molecule has 10 aromatic rings. The molecule has 0 bridgehead atoms. The van der Waals surface area contributed by atoms with Gasteiger partial charge in [-0.15, -0.1) is 0 Å². The zero-order valence-corrected chi connectivity index (χ0v) is 29.0. The summed E-state index contributed by atoms with van der Waals surface area (Å²) in [7, 11) is 0. The maximum atomic E-state index is 6.45. The summed E-state index contributed by atoms with van der Waals surface area (Å²) in [4.78, 5) is 20.5. The highest BCUT2D eigenvalue weighted by Gasteiger charge is 2.37. The van der Waals surface area contributed by atoms with Crippen molar-refractivity contribution in [2.24, 2.45) is 0 Å². The van der Waals surface area contributed by atoms with Gasteiger partial charge in [0.1, 0.15) is 16.7 Å². The monoisotopic (exact) mass is 682 g/mol. The largest absolute Gasteiger partial charge is 0.456 e. The molecule has 11 rings (SSSR count). The Kier molecular flexibility index (Phi) is 6.20. The fourth-order valence-corrected chi connectivity index (χ4v) is 8.19. The summed E-state index contributed by atoms with van der Waals surface area (Å²) in [5, 5.41) is 4.00. The molecule has 1 aliphatic rings. The third-order valence-electron chi connectivity index (χ3n) is 10.8. The first-order valence-corrected chi connectivity index (χ1v) is 17.8. The number of benzene rings is 7. The second-order valence-electron chi connectivity index (χ2n) is 14.2. The Morgan fingerprint density at radius 1 is 0.453 bits per heavy atom. The van der Waals surface area contributed by atoms with Crippen LogP contribution in [0.25, 0.3) is 101 Å². The predicted molar refractivity (Wildman–Crippen MR) is 211 cm³/mol. The molecule has 0 atom stereocenters. The summed E-state index contributed by atoms with van der Waals surface area (Å²) in [6.07, 6.45) is 0. The lowest BCUT2D eigenvalue weighted by molar-refractivity contribution is 0.619. The molecule has 6 nitrogen and oxygen atoms in total. The molecule has 0 spiro atoms. The van der Waals surface area contributed by atoms with Crippen molar-refractivity contribution >= 4 is 43.8 Å². The van der Waals surface area contributed by atoms with Crippen molar-refractivity contribution in [3.8, 4) is 56.7 Å². The van der Waals surface area contributed by atoms with Crippen molar-refractivity contribution in [1.82, 2.24) is 19.9 Å². The van der Waals surface area contributed by atoms with Crippen LogP contribution in [0.3, 0.4) is 0 Å². The predicted octanol–water partition coefficient (Wildman–Crippen LogP) is 12.0. The average Bonchev–Trinajstić information content (AvgIpc) is 3.89. The first-order chi connectivity index (χ1) is 26.0. The van der Waals surface area contributed by atoms with Gasteiger partial charge in [-0.05, 0) is 69.4 Å². The number of hydrogen-bond acceptors (Lipinski definition) is 6. The van der Waals surface area contributed by atoms with Crippen molar-refractivity contribution in [2.75, 3.05) is 0 Å². The van der Waals surface area contributed by atoms with Crippen molar-refractivity contribution in [3.63, 3.8) is 0 Å². The minimum Gasteiger partial charge on any atom is -0.456 e. The molecule has 7 aromatic carbocycles. The number of hydrogen-bond donors (Lipinski definition) is 0. The van der Waals surface area contributed by atoms with E-state index in [4.69, 9.17) is 28.8 Å². The minimum absolute atomic E-state index is 0.145. The molecule has 0 aliphatic heterocycles. The standard InChI is InChI=1S/C47H30N4O2/c1-47(2)34-18-10-9-16-31(34)39-32(17-11-19-35(39)47)45-50-43(28-12-5-3-6-13-28)49-44(51-45)30-21-20-27-22-23-36-40(33(27)26-30)41-37(52-36)24-25-38-42(41)48-46(53-38)29-14-7-4-8-15-29/h3-26H,1-2H3. The molecule has 0 N–H and O–H groups in total. The molecule has 0 radical (unpaired) electrons. The van der Waals surface area contributed by atoms with E-state index in [9.17, 15) is 0 Å². The van der Waals surface area contributed by atoms with Crippen LogP contribution in [0.2, 0.25) is 0 Å². The molecule has 0 amide bonds. The van der Waals surface area contributed by atoms with Gasteiger partial charge < -0.3 is 8.83 Å². The molecule has 1 aliphatic carbocycles. The highest BCUT2D eigenvalue weighted by molar-refractivity contribution is 6.25. The van der Waals surface area contributed by atoms with Crippen molar-refractivity contribution in [2.45, 2.75) is 19.3 Å². The van der Waals surface area contributed by atoms with Crippen LogP contribution >= 0.6 is 0 Å². The zero-order valence-electron chi connectivity index (χ0n) is 29.0. The lowest BCUT2D eigenvalue weighted by atomic mass is 9.82. The number of fused-ring (bicyclic) bond motifs is 10. The molecular weight excluding hydrogens is 653 g/mol. The van der Waals surface area contributed by atoms with E-state index in [1.807, 2.05) is 78.9 Å². The molecule has 0 saturated carbocycles. The van der Waals surface area contributed by atoms with Gasteiger partial charge in [0.05, 0.1) is 5.39 Å². The summed E-state index contributed by atoms with van der Waals surface area (Å²) < 4.78 is 12.7. The van der Waals surface area contributed by atoms with Crippen LogP contribution in [-0.2, 0) is 5.41 Å². The summed E-state index contributed by atoms with van der Waals surface area (Å²) >= 11 is 0. The van der Waals surface area contributed by atoms with E-state index < -0.39 is 0 Å². The fourth-order valence-electron chi connectivity index (χ4n) is 8.19. The minimum atomic E-state index is -0.145. The fraction of sp³-hybridized carbons (Fsp3) is 0.0638. The molecule has 0 unspecified atom stereocenters. The highest BCUT2D eigenvalue weighted by Crippen LogP contribution is 2.51. The lowest BCUT2D eigenvalue weighted by Gasteiger charge is -2.21. The van der Waals surface area contributed by atoms with Gasteiger partial charge in [-0.3, -0.25) is 0 Å².